The summed E-state index contributed by atoms with van der Waals surface area (Å²) in [5.74, 6) is 0.819. The van der Waals surface area contributed by atoms with Gasteiger partial charge in [-0.15, -0.1) is 0 Å². The molecule has 1 aromatic rings. The van der Waals surface area contributed by atoms with E-state index < -0.39 is 0 Å². The van der Waals surface area contributed by atoms with Crippen LogP contribution in [0.15, 0.2) is 24.3 Å². The molecule has 0 fully saturated rings. The predicted octanol–water partition coefficient (Wildman–Crippen LogP) is 3.20. The van der Waals surface area contributed by atoms with Gasteiger partial charge < -0.3 is 4.74 Å². The highest BCUT2D eigenvalue weighted by atomic mass is 16.5. The van der Waals surface area contributed by atoms with Crippen LogP contribution >= 0.6 is 0 Å². The first kappa shape index (κ1) is 11.8. The third-order valence-electron chi connectivity index (χ3n) is 2.14. The van der Waals surface area contributed by atoms with Crippen molar-refractivity contribution in [2.75, 3.05) is 0 Å². The average Bonchev–Trinajstić information content (AvgIpc) is 2.17. The highest BCUT2D eigenvalue weighted by molar-refractivity contribution is 5.72. The van der Waals surface area contributed by atoms with Gasteiger partial charge >= 0.3 is 5.97 Å². The molecule has 0 aliphatic rings. The van der Waals surface area contributed by atoms with Crippen LogP contribution in [0, 0.1) is 5.92 Å². The monoisotopic (exact) mass is 206 g/mol. The Labute approximate surface area is 91.3 Å². The summed E-state index contributed by atoms with van der Waals surface area (Å²) in [6, 6.07) is 7.66. The van der Waals surface area contributed by atoms with E-state index in [1.807, 2.05) is 38.1 Å². The predicted molar refractivity (Wildman–Crippen MR) is 60.9 cm³/mol. The van der Waals surface area contributed by atoms with Crippen molar-refractivity contribution in [3.05, 3.63) is 29.8 Å². The first-order valence-corrected chi connectivity index (χ1v) is 5.41. The van der Waals surface area contributed by atoms with E-state index in [1.54, 1.807) is 0 Å². The largest absolute Gasteiger partial charge is 0.427 e. The molecule has 0 bridgehead atoms. The Morgan fingerprint density at radius 2 is 1.87 bits per heavy atom. The van der Waals surface area contributed by atoms with Crippen molar-refractivity contribution < 1.29 is 9.53 Å². The number of carbonyl (C=O) groups is 1. The van der Waals surface area contributed by atoms with Crippen molar-refractivity contribution in [2.24, 2.45) is 5.92 Å². The van der Waals surface area contributed by atoms with Crippen LogP contribution in [0.4, 0.5) is 0 Å². The third-order valence-corrected chi connectivity index (χ3v) is 2.14. The van der Waals surface area contributed by atoms with Crippen LogP contribution < -0.4 is 4.74 Å². The highest BCUT2D eigenvalue weighted by Crippen LogP contribution is 2.14. The second-order valence-electron chi connectivity index (χ2n) is 4.07. The fourth-order valence-corrected chi connectivity index (χ4v) is 1.30. The number of carbonyl (C=O) groups excluding carboxylic acids is 1. The van der Waals surface area contributed by atoms with Gasteiger partial charge in [0.1, 0.15) is 5.75 Å². The highest BCUT2D eigenvalue weighted by Gasteiger charge is 2.06. The van der Waals surface area contributed by atoms with E-state index in [-0.39, 0.29) is 5.97 Å². The van der Waals surface area contributed by atoms with Gasteiger partial charge in [0.25, 0.3) is 0 Å². The lowest BCUT2D eigenvalue weighted by Crippen LogP contribution is -2.10. The molecule has 0 aliphatic carbocycles. The Hall–Kier alpha value is -1.31. The summed E-state index contributed by atoms with van der Waals surface area (Å²) in [6.45, 7) is 6.10. The van der Waals surface area contributed by atoms with Gasteiger partial charge in [-0.05, 0) is 30.0 Å². The molecule has 0 radical (unpaired) electrons. The topological polar surface area (TPSA) is 26.3 Å². The molecule has 15 heavy (non-hydrogen) atoms. The Morgan fingerprint density at radius 1 is 1.27 bits per heavy atom. The van der Waals surface area contributed by atoms with Crippen LogP contribution in [0.2, 0.25) is 0 Å². The molecule has 0 aromatic heterocycles. The Balaban J connectivity index is 2.53. The molecule has 1 rings (SSSR count). The third kappa shape index (κ3) is 4.15. The smallest absolute Gasteiger partial charge is 0.311 e. The standard InChI is InChI=1S/C13H18O2/c1-4-11-5-7-12(8-6-11)15-13(14)9-10(2)3/h5-8,10H,4,9H2,1-3H3. The van der Waals surface area contributed by atoms with Crippen LogP contribution in [0.3, 0.4) is 0 Å². The van der Waals surface area contributed by atoms with Gasteiger partial charge in [-0.2, -0.15) is 0 Å². The summed E-state index contributed by atoms with van der Waals surface area (Å²) < 4.78 is 5.19. The van der Waals surface area contributed by atoms with E-state index in [1.165, 1.54) is 5.56 Å². The van der Waals surface area contributed by atoms with Crippen LogP contribution in [-0.2, 0) is 11.2 Å². The minimum Gasteiger partial charge on any atom is -0.427 e. The summed E-state index contributed by atoms with van der Waals surface area (Å²) in [5.41, 5.74) is 1.25. The molecule has 0 aliphatic heterocycles. The number of rotatable bonds is 4. The van der Waals surface area contributed by atoms with E-state index >= 15 is 0 Å². The number of aryl methyl sites for hydroxylation is 1. The quantitative estimate of drug-likeness (QED) is 0.558. The zero-order valence-electron chi connectivity index (χ0n) is 9.62. The number of benzene rings is 1. The number of ether oxygens (including phenoxy) is 1. The average molecular weight is 206 g/mol. The lowest BCUT2D eigenvalue weighted by Gasteiger charge is -2.06. The Kier molecular flexibility index (Phi) is 4.35. The maximum absolute atomic E-state index is 11.4. The van der Waals surface area contributed by atoms with E-state index in [0.29, 0.717) is 18.1 Å². The molecule has 1 aromatic carbocycles. The van der Waals surface area contributed by atoms with Gasteiger partial charge in [-0.1, -0.05) is 32.9 Å². The van der Waals surface area contributed by atoms with Crippen LogP contribution in [0.1, 0.15) is 32.8 Å². The fraction of sp³-hybridized carbons (Fsp3) is 0.462. The molecule has 2 nitrogen and oxygen atoms in total. The minimum atomic E-state index is -0.158. The minimum absolute atomic E-state index is 0.158. The van der Waals surface area contributed by atoms with E-state index in [4.69, 9.17) is 4.74 Å². The van der Waals surface area contributed by atoms with Crippen molar-refractivity contribution in [3.8, 4) is 5.75 Å². The SMILES string of the molecule is CCc1ccc(OC(=O)CC(C)C)cc1. The molecule has 0 saturated heterocycles. The van der Waals surface area contributed by atoms with Crippen LogP contribution in [-0.4, -0.2) is 5.97 Å². The molecule has 0 saturated carbocycles. The normalized spacial score (nSPS) is 10.4. The van der Waals surface area contributed by atoms with Crippen LogP contribution in [0.5, 0.6) is 5.75 Å². The lowest BCUT2D eigenvalue weighted by atomic mass is 10.1. The van der Waals surface area contributed by atoms with Crippen LogP contribution in [0.25, 0.3) is 0 Å². The molecule has 82 valence electrons. The molecule has 0 N–H and O–H groups in total. The molecular weight excluding hydrogens is 188 g/mol. The second kappa shape index (κ2) is 5.54. The fourth-order valence-electron chi connectivity index (χ4n) is 1.30. The molecule has 0 spiro atoms. The lowest BCUT2D eigenvalue weighted by molar-refractivity contribution is -0.135. The summed E-state index contributed by atoms with van der Waals surface area (Å²) in [4.78, 5) is 11.4. The van der Waals surface area contributed by atoms with Gasteiger partial charge in [0, 0.05) is 6.42 Å². The first-order chi connectivity index (χ1) is 7.11. The molecule has 2 heteroatoms. The number of esters is 1. The number of hydrogen-bond donors (Lipinski definition) is 0. The van der Waals surface area contributed by atoms with Gasteiger partial charge in [0.15, 0.2) is 0 Å². The van der Waals surface area contributed by atoms with Gasteiger partial charge in [0.2, 0.25) is 0 Å². The second-order valence-corrected chi connectivity index (χ2v) is 4.07. The summed E-state index contributed by atoms with van der Waals surface area (Å²) >= 11 is 0. The van der Waals surface area contributed by atoms with Gasteiger partial charge in [-0.25, -0.2) is 0 Å². The molecule has 0 heterocycles. The zero-order valence-corrected chi connectivity index (χ0v) is 9.62. The Bertz CT molecular complexity index is 312. The van der Waals surface area contributed by atoms with Crippen molar-refractivity contribution in [3.63, 3.8) is 0 Å². The van der Waals surface area contributed by atoms with Crippen molar-refractivity contribution in [1.29, 1.82) is 0 Å². The van der Waals surface area contributed by atoms with E-state index in [9.17, 15) is 4.79 Å². The van der Waals surface area contributed by atoms with E-state index in [2.05, 4.69) is 6.92 Å². The van der Waals surface area contributed by atoms with Crippen molar-refractivity contribution in [1.82, 2.24) is 0 Å². The van der Waals surface area contributed by atoms with E-state index in [0.717, 1.165) is 6.42 Å². The first-order valence-electron chi connectivity index (χ1n) is 5.41. The molecule has 0 unspecified atom stereocenters. The summed E-state index contributed by atoms with van der Waals surface area (Å²) in [6.07, 6.45) is 1.47. The van der Waals surface area contributed by atoms with Crippen molar-refractivity contribution >= 4 is 5.97 Å². The number of hydrogen-bond acceptors (Lipinski definition) is 2. The Morgan fingerprint density at radius 3 is 2.33 bits per heavy atom. The van der Waals surface area contributed by atoms with Gasteiger partial charge in [-0.3, -0.25) is 4.79 Å². The van der Waals surface area contributed by atoms with Gasteiger partial charge in [0.05, 0.1) is 0 Å². The molecule has 0 amide bonds. The maximum atomic E-state index is 11.4. The summed E-state index contributed by atoms with van der Waals surface area (Å²) in [7, 11) is 0. The van der Waals surface area contributed by atoms with Crippen molar-refractivity contribution in [2.45, 2.75) is 33.6 Å². The molecular formula is C13H18O2. The maximum Gasteiger partial charge on any atom is 0.311 e. The zero-order chi connectivity index (χ0) is 11.3. The molecule has 0 atom stereocenters. The summed E-state index contributed by atoms with van der Waals surface area (Å²) in [5, 5.41) is 0.